The Hall–Kier alpha value is -2.29. The molecular weight excluding hydrogens is 990 g/mol. The van der Waals surface area contributed by atoms with Gasteiger partial charge in [0.1, 0.15) is 19.8 Å². The summed E-state index contributed by atoms with van der Waals surface area (Å²) in [6.07, 6.45) is 77.3. The molecule has 0 aromatic rings. The third-order valence-corrected chi connectivity index (χ3v) is 15.5. The van der Waals surface area contributed by atoms with Crippen LogP contribution in [0.3, 0.4) is 0 Å². The minimum atomic E-state index is -4.39. The number of allylic oxidation sites excluding steroid dienone is 10. The quantitative estimate of drug-likeness (QED) is 0.0211. The molecule has 0 heterocycles. The van der Waals surface area contributed by atoms with Crippen LogP contribution < -0.4 is 0 Å². The van der Waals surface area contributed by atoms with Gasteiger partial charge in [0.2, 0.25) is 0 Å². The van der Waals surface area contributed by atoms with Crippen molar-refractivity contribution in [3.8, 4) is 0 Å². The van der Waals surface area contributed by atoms with Gasteiger partial charge in [0, 0.05) is 12.8 Å². The van der Waals surface area contributed by atoms with Crippen LogP contribution in [0, 0.1) is 0 Å². The lowest BCUT2D eigenvalue weighted by Gasteiger charge is -2.24. The Kier molecular flexibility index (Phi) is 57.6. The third kappa shape index (κ3) is 62.9. The van der Waals surface area contributed by atoms with Crippen molar-refractivity contribution in [1.82, 2.24) is 0 Å². The molecule has 0 radical (unpaired) electrons. The highest BCUT2D eigenvalue weighted by Gasteiger charge is 2.27. The molecule has 0 amide bonds. The van der Waals surface area contributed by atoms with Crippen molar-refractivity contribution >= 4 is 19.8 Å². The zero-order valence-corrected chi connectivity index (χ0v) is 52.8. The number of phosphoric acid groups is 1. The van der Waals surface area contributed by atoms with E-state index in [4.69, 9.17) is 18.5 Å². The summed E-state index contributed by atoms with van der Waals surface area (Å²) in [5.41, 5.74) is 0. The number of carbonyl (C=O) groups excluding carboxylic acids is 2. The standard InChI is InChI=1S/C68H126NO8P/c1-6-8-10-12-14-16-18-20-22-24-26-28-30-32-33-34-35-37-38-40-42-44-46-48-50-52-54-56-58-60-67(70)74-64-66(65-76-78(72,73)75-63-62-69(3,4)5)77-68(71)61-59-57-55-53-51-49-47-45-43-41-39-36-31-29-27-25-23-21-19-17-15-13-11-9-7-2/h18-21,24-27,31,36,66H,6-17,22-23,28-30,32-35,37-65H2,1-5H3/p+1/b20-18-,21-19-,26-24-,27-25-,36-31-. The molecule has 0 fully saturated rings. The Labute approximate surface area is 483 Å². The van der Waals surface area contributed by atoms with Gasteiger partial charge in [-0.05, 0) is 83.5 Å². The summed E-state index contributed by atoms with van der Waals surface area (Å²) in [5.74, 6) is -0.791. The van der Waals surface area contributed by atoms with E-state index in [9.17, 15) is 19.0 Å². The number of carbonyl (C=O) groups is 2. The molecule has 1 N–H and O–H groups in total. The van der Waals surface area contributed by atoms with E-state index in [0.29, 0.717) is 17.4 Å². The summed E-state index contributed by atoms with van der Waals surface area (Å²) in [7, 11) is 1.48. The van der Waals surface area contributed by atoms with Gasteiger partial charge in [-0.2, -0.15) is 0 Å². The second-order valence-electron chi connectivity index (χ2n) is 23.5. The highest BCUT2D eigenvalue weighted by molar-refractivity contribution is 7.47. The maximum atomic E-state index is 12.9. The van der Waals surface area contributed by atoms with Gasteiger partial charge in [0.05, 0.1) is 27.7 Å². The molecule has 10 heteroatoms. The van der Waals surface area contributed by atoms with Crippen LogP contribution in [0.1, 0.15) is 309 Å². The van der Waals surface area contributed by atoms with Crippen molar-refractivity contribution in [2.45, 2.75) is 315 Å². The lowest BCUT2D eigenvalue weighted by Crippen LogP contribution is -2.37. The van der Waals surface area contributed by atoms with Gasteiger partial charge in [-0.1, -0.05) is 274 Å². The SMILES string of the molecule is CCCCCCC/C=C\C/C=C\C/C=C\CCCCCCCCCCCCC(=O)OC(COC(=O)CCCCCCCCCCCCCCCCCCC/C=C\C/C=C\CCCCCCC)COP(=O)(O)OCC[N+](C)(C)C. The summed E-state index contributed by atoms with van der Waals surface area (Å²) in [4.78, 5) is 35.8. The third-order valence-electron chi connectivity index (χ3n) is 14.5. The molecule has 0 saturated heterocycles. The number of quaternary nitrogens is 1. The molecular formula is C68H127NO8P+. The number of esters is 2. The van der Waals surface area contributed by atoms with E-state index in [1.54, 1.807) is 0 Å². The second-order valence-corrected chi connectivity index (χ2v) is 25.0. The molecule has 9 nitrogen and oxygen atoms in total. The van der Waals surface area contributed by atoms with Gasteiger partial charge >= 0.3 is 19.8 Å². The maximum absolute atomic E-state index is 12.9. The molecule has 0 aromatic heterocycles. The Morgan fingerprint density at radius 2 is 0.692 bits per heavy atom. The molecule has 2 unspecified atom stereocenters. The smallest absolute Gasteiger partial charge is 0.462 e. The Morgan fingerprint density at radius 3 is 1.03 bits per heavy atom. The van der Waals surface area contributed by atoms with Crippen LogP contribution in [0.2, 0.25) is 0 Å². The van der Waals surface area contributed by atoms with Crippen LogP contribution in [0.5, 0.6) is 0 Å². The predicted octanol–water partition coefficient (Wildman–Crippen LogP) is 21.0. The highest BCUT2D eigenvalue weighted by Crippen LogP contribution is 2.43. The number of hydrogen-bond donors (Lipinski definition) is 1. The first-order valence-electron chi connectivity index (χ1n) is 33.0. The largest absolute Gasteiger partial charge is 0.472 e. The molecule has 78 heavy (non-hydrogen) atoms. The fourth-order valence-electron chi connectivity index (χ4n) is 9.41. The lowest BCUT2D eigenvalue weighted by atomic mass is 10.0. The van der Waals surface area contributed by atoms with Crippen LogP contribution in [0.4, 0.5) is 0 Å². The summed E-state index contributed by atoms with van der Waals surface area (Å²) >= 11 is 0. The molecule has 0 rings (SSSR count). The van der Waals surface area contributed by atoms with E-state index in [-0.39, 0.29) is 32.0 Å². The Morgan fingerprint density at radius 1 is 0.397 bits per heavy atom. The number of phosphoric ester groups is 1. The van der Waals surface area contributed by atoms with E-state index in [0.717, 1.165) is 57.8 Å². The summed E-state index contributed by atoms with van der Waals surface area (Å²) < 4.78 is 34.7. The van der Waals surface area contributed by atoms with Gasteiger partial charge in [-0.3, -0.25) is 18.6 Å². The average molecular weight is 1120 g/mol. The summed E-state index contributed by atoms with van der Waals surface area (Å²) in [6.45, 7) is 4.45. The zero-order valence-electron chi connectivity index (χ0n) is 51.9. The summed E-state index contributed by atoms with van der Waals surface area (Å²) in [6, 6.07) is 0. The number of likely N-dealkylation sites (N-methyl/N-ethyl adjacent to an activating group) is 1. The number of rotatable bonds is 61. The fourth-order valence-corrected chi connectivity index (χ4v) is 10.2. The first-order chi connectivity index (χ1) is 38.0. The van der Waals surface area contributed by atoms with Crippen LogP contribution >= 0.6 is 7.82 Å². The maximum Gasteiger partial charge on any atom is 0.472 e. The number of nitrogens with zero attached hydrogens (tertiary/aromatic N) is 1. The van der Waals surface area contributed by atoms with E-state index in [1.165, 1.54) is 218 Å². The predicted molar refractivity (Wildman–Crippen MR) is 335 cm³/mol. The van der Waals surface area contributed by atoms with E-state index < -0.39 is 26.5 Å². The Balaban J connectivity index is 4.07. The van der Waals surface area contributed by atoms with Crippen LogP contribution in [-0.4, -0.2) is 74.9 Å². The molecule has 0 spiro atoms. The first-order valence-corrected chi connectivity index (χ1v) is 34.5. The van der Waals surface area contributed by atoms with Gasteiger partial charge < -0.3 is 18.9 Å². The first kappa shape index (κ1) is 75.7. The van der Waals surface area contributed by atoms with Gasteiger partial charge in [-0.15, -0.1) is 0 Å². The van der Waals surface area contributed by atoms with Crippen LogP contribution in [-0.2, 0) is 32.7 Å². The van der Waals surface area contributed by atoms with E-state index in [1.807, 2.05) is 21.1 Å². The average Bonchev–Trinajstić information content (AvgIpc) is 3.40. The van der Waals surface area contributed by atoms with Crippen molar-refractivity contribution < 1.29 is 42.1 Å². The minimum Gasteiger partial charge on any atom is -0.462 e. The van der Waals surface area contributed by atoms with Crippen molar-refractivity contribution in [1.29, 1.82) is 0 Å². The van der Waals surface area contributed by atoms with Crippen molar-refractivity contribution in [3.63, 3.8) is 0 Å². The number of hydrogen-bond acceptors (Lipinski definition) is 7. The molecule has 0 aliphatic rings. The normalized spacial score (nSPS) is 13.6. The van der Waals surface area contributed by atoms with Crippen molar-refractivity contribution in [2.24, 2.45) is 0 Å². The highest BCUT2D eigenvalue weighted by atomic mass is 31.2. The summed E-state index contributed by atoms with van der Waals surface area (Å²) in [5, 5.41) is 0. The second kappa shape index (κ2) is 59.3. The van der Waals surface area contributed by atoms with E-state index >= 15 is 0 Å². The topological polar surface area (TPSA) is 108 Å². The molecule has 0 aromatic carbocycles. The molecule has 0 bridgehead atoms. The van der Waals surface area contributed by atoms with Gasteiger partial charge in [-0.25, -0.2) is 4.57 Å². The molecule has 2 atom stereocenters. The molecule has 456 valence electrons. The number of unbranched alkanes of at least 4 members (excludes halogenated alkanes) is 37. The molecule has 0 aliphatic carbocycles. The monoisotopic (exact) mass is 1120 g/mol. The van der Waals surface area contributed by atoms with Crippen molar-refractivity contribution in [2.75, 3.05) is 47.5 Å². The zero-order chi connectivity index (χ0) is 57.0. The van der Waals surface area contributed by atoms with Gasteiger partial charge in [0.25, 0.3) is 0 Å². The van der Waals surface area contributed by atoms with Crippen LogP contribution in [0.25, 0.3) is 0 Å². The van der Waals surface area contributed by atoms with Gasteiger partial charge in [0.15, 0.2) is 6.10 Å². The molecule has 0 saturated carbocycles. The van der Waals surface area contributed by atoms with Crippen LogP contribution in [0.15, 0.2) is 60.8 Å². The lowest BCUT2D eigenvalue weighted by molar-refractivity contribution is -0.870. The van der Waals surface area contributed by atoms with E-state index in [2.05, 4.69) is 74.6 Å². The number of ether oxygens (including phenoxy) is 2. The Bertz CT molecular complexity index is 1500. The molecule has 0 aliphatic heterocycles. The fraction of sp³-hybridized carbons (Fsp3) is 0.824. The minimum absolute atomic E-state index is 0.0304. The van der Waals surface area contributed by atoms with Crippen molar-refractivity contribution in [3.05, 3.63) is 60.8 Å².